The van der Waals surface area contributed by atoms with Crippen LogP contribution < -0.4 is 0 Å². The summed E-state index contributed by atoms with van der Waals surface area (Å²) < 4.78 is 18.3. The second kappa shape index (κ2) is 7.77. The van der Waals surface area contributed by atoms with Crippen LogP contribution in [-0.4, -0.2) is 5.67 Å². The van der Waals surface area contributed by atoms with Crippen molar-refractivity contribution < 1.29 is 4.39 Å². The average Bonchev–Trinajstić information content (AvgIpc) is 3.54. The topological polar surface area (TPSA) is 0 Å². The highest BCUT2D eigenvalue weighted by molar-refractivity contribution is 6.24. The summed E-state index contributed by atoms with van der Waals surface area (Å²) in [5, 5.41) is 0. The molecule has 0 N–H and O–H groups in total. The fourth-order valence-electron chi connectivity index (χ4n) is 7.34. The maximum atomic E-state index is 18.3. The van der Waals surface area contributed by atoms with Gasteiger partial charge in [-0.15, -0.1) is 0 Å². The molecule has 0 unspecified atom stereocenters. The van der Waals surface area contributed by atoms with Crippen molar-refractivity contribution in [1.29, 1.82) is 0 Å². The Balaban J connectivity index is 1.58. The van der Waals surface area contributed by atoms with E-state index in [2.05, 4.69) is 123 Å². The van der Waals surface area contributed by atoms with Crippen molar-refractivity contribution >= 4 is 22.3 Å². The Morgan fingerprint density at radius 3 is 0.949 bits per heavy atom. The summed E-state index contributed by atoms with van der Waals surface area (Å²) in [5.74, 6) is 0. The number of alkyl halides is 1. The van der Waals surface area contributed by atoms with Gasteiger partial charge >= 0.3 is 0 Å². The molecule has 5 aromatic carbocycles. The minimum absolute atomic E-state index is 0.792. The third kappa shape index (κ3) is 2.83. The Morgan fingerprint density at radius 2 is 0.667 bits per heavy atom. The number of aryl methyl sites for hydroxylation is 2. The molecular weight excluding hydrogens is 475 g/mol. The number of allylic oxidation sites excluding steroid dienone is 2. The molecule has 0 nitrogen and oxygen atoms in total. The Kier molecular flexibility index (Phi) is 4.48. The van der Waals surface area contributed by atoms with E-state index in [0.717, 1.165) is 66.8 Å². The second-order valence-electron chi connectivity index (χ2n) is 11.1. The van der Waals surface area contributed by atoms with Gasteiger partial charge in [-0.1, -0.05) is 109 Å². The average molecular weight is 503 g/mol. The highest BCUT2D eigenvalue weighted by Gasteiger charge is 2.50. The molecule has 0 amide bonds. The van der Waals surface area contributed by atoms with Crippen LogP contribution in [0.1, 0.15) is 51.4 Å². The monoisotopic (exact) mass is 502 g/mol. The molecule has 1 heteroatoms. The molecule has 0 heterocycles. The molecule has 0 aliphatic heterocycles. The van der Waals surface area contributed by atoms with E-state index in [-0.39, 0.29) is 0 Å². The standard InChI is InChI=1S/C38H27F/c1-22-20-21-23(2)33-32(22)36(34-28-16-8-4-12-24(28)25-13-5-9-17-29(25)34)38(3,39)37(33)35-30-18-10-6-14-26(30)27-15-7-11-19-31(27)35/h4-21H,1-3H3. The van der Waals surface area contributed by atoms with Crippen molar-refractivity contribution in [3.63, 3.8) is 0 Å². The number of hydrogen-bond acceptors (Lipinski definition) is 0. The molecule has 5 aromatic rings. The van der Waals surface area contributed by atoms with Crippen LogP contribution in [-0.2, 0) is 0 Å². The van der Waals surface area contributed by atoms with Gasteiger partial charge in [0.15, 0.2) is 5.67 Å². The van der Waals surface area contributed by atoms with Crippen molar-refractivity contribution in [3.8, 4) is 22.3 Å². The van der Waals surface area contributed by atoms with Gasteiger partial charge in [-0.25, -0.2) is 4.39 Å². The van der Waals surface area contributed by atoms with Gasteiger partial charge < -0.3 is 0 Å². The molecule has 8 rings (SSSR count). The summed E-state index contributed by atoms with van der Waals surface area (Å²) in [6.45, 7) is 6.06. The van der Waals surface area contributed by atoms with Crippen molar-refractivity contribution in [2.24, 2.45) is 0 Å². The first-order valence-corrected chi connectivity index (χ1v) is 13.7. The first kappa shape index (κ1) is 22.5. The SMILES string of the molecule is Cc1ccc(C)c2c1C(=C1c3ccccc3-c3ccccc31)C(C)(F)C2=C1c2ccccc2-c2ccccc21. The summed E-state index contributed by atoms with van der Waals surface area (Å²) in [4.78, 5) is 0. The molecule has 0 bridgehead atoms. The number of fused-ring (bicyclic) bond motifs is 7. The largest absolute Gasteiger partial charge is 0.234 e. The molecule has 0 spiro atoms. The lowest BCUT2D eigenvalue weighted by molar-refractivity contribution is 0.361. The van der Waals surface area contributed by atoms with Crippen LogP contribution in [0.25, 0.3) is 44.5 Å². The molecule has 0 saturated heterocycles. The Labute approximate surface area is 228 Å². The quantitative estimate of drug-likeness (QED) is 0.194. The minimum Gasteiger partial charge on any atom is -0.234 e. The molecule has 186 valence electrons. The van der Waals surface area contributed by atoms with E-state index in [1.807, 2.05) is 0 Å². The van der Waals surface area contributed by atoms with Gasteiger partial charge in [-0.2, -0.15) is 0 Å². The van der Waals surface area contributed by atoms with E-state index in [0.29, 0.717) is 0 Å². The smallest absolute Gasteiger partial charge is 0.160 e. The van der Waals surface area contributed by atoms with Gasteiger partial charge in [-0.3, -0.25) is 0 Å². The van der Waals surface area contributed by atoms with Crippen molar-refractivity contribution in [3.05, 3.63) is 154 Å². The lowest BCUT2D eigenvalue weighted by Gasteiger charge is -2.24. The molecule has 0 aromatic heterocycles. The molecule has 0 fully saturated rings. The lowest BCUT2D eigenvalue weighted by atomic mass is 9.83. The molecule has 39 heavy (non-hydrogen) atoms. The molecular formula is C38H27F. The van der Waals surface area contributed by atoms with Gasteiger partial charge in [0.05, 0.1) is 0 Å². The van der Waals surface area contributed by atoms with Crippen LogP contribution >= 0.6 is 0 Å². The fraction of sp³-hybridized carbons (Fsp3) is 0.105. The molecule has 0 radical (unpaired) electrons. The second-order valence-corrected chi connectivity index (χ2v) is 11.1. The van der Waals surface area contributed by atoms with Crippen LogP contribution in [0.4, 0.5) is 4.39 Å². The Hall–Kier alpha value is -4.49. The summed E-state index contributed by atoms with van der Waals surface area (Å²) in [5.41, 5.74) is 15.4. The zero-order valence-electron chi connectivity index (χ0n) is 22.3. The summed E-state index contributed by atoms with van der Waals surface area (Å²) in [6, 6.07) is 38.2. The zero-order valence-corrected chi connectivity index (χ0v) is 22.3. The third-order valence-corrected chi connectivity index (χ3v) is 8.93. The maximum absolute atomic E-state index is 18.3. The Morgan fingerprint density at radius 1 is 0.410 bits per heavy atom. The maximum Gasteiger partial charge on any atom is 0.160 e. The van der Waals surface area contributed by atoms with E-state index >= 15 is 4.39 Å². The van der Waals surface area contributed by atoms with Gasteiger partial charge in [0.1, 0.15) is 0 Å². The summed E-state index contributed by atoms with van der Waals surface area (Å²) in [6.07, 6.45) is 0. The third-order valence-electron chi connectivity index (χ3n) is 8.93. The lowest BCUT2D eigenvalue weighted by Crippen LogP contribution is -2.19. The molecule has 3 aliphatic rings. The van der Waals surface area contributed by atoms with Crippen LogP contribution in [0.5, 0.6) is 0 Å². The van der Waals surface area contributed by atoms with Crippen LogP contribution in [0, 0.1) is 13.8 Å². The van der Waals surface area contributed by atoms with Crippen LogP contribution in [0.3, 0.4) is 0 Å². The van der Waals surface area contributed by atoms with Gasteiger partial charge in [-0.05, 0) is 98.7 Å². The number of benzene rings is 5. The molecule has 3 aliphatic carbocycles. The fourth-order valence-corrected chi connectivity index (χ4v) is 7.34. The first-order chi connectivity index (χ1) is 19.0. The first-order valence-electron chi connectivity index (χ1n) is 13.7. The highest BCUT2D eigenvalue weighted by atomic mass is 19.1. The minimum atomic E-state index is -1.71. The van der Waals surface area contributed by atoms with E-state index in [1.54, 1.807) is 6.92 Å². The van der Waals surface area contributed by atoms with Gasteiger partial charge in [0, 0.05) is 11.1 Å². The highest BCUT2D eigenvalue weighted by Crippen LogP contribution is 2.62. The predicted octanol–water partition coefficient (Wildman–Crippen LogP) is 9.92. The van der Waals surface area contributed by atoms with Crippen LogP contribution in [0.2, 0.25) is 0 Å². The number of hydrogen-bond donors (Lipinski definition) is 0. The molecule has 0 saturated carbocycles. The van der Waals surface area contributed by atoms with E-state index in [4.69, 9.17) is 0 Å². The molecule has 0 atom stereocenters. The van der Waals surface area contributed by atoms with Gasteiger partial charge in [0.25, 0.3) is 0 Å². The summed E-state index contributed by atoms with van der Waals surface area (Å²) >= 11 is 0. The van der Waals surface area contributed by atoms with Gasteiger partial charge in [0.2, 0.25) is 0 Å². The van der Waals surface area contributed by atoms with E-state index < -0.39 is 5.67 Å². The van der Waals surface area contributed by atoms with Crippen molar-refractivity contribution in [1.82, 2.24) is 0 Å². The Bertz CT molecular complexity index is 1710. The van der Waals surface area contributed by atoms with Crippen molar-refractivity contribution in [2.75, 3.05) is 0 Å². The predicted molar refractivity (Wildman–Crippen MR) is 161 cm³/mol. The van der Waals surface area contributed by atoms with E-state index in [1.165, 1.54) is 22.3 Å². The zero-order chi connectivity index (χ0) is 26.5. The van der Waals surface area contributed by atoms with E-state index in [9.17, 15) is 0 Å². The normalized spacial score (nSPS) is 15.7. The number of rotatable bonds is 0. The van der Waals surface area contributed by atoms with Crippen LogP contribution in [0.15, 0.2) is 109 Å². The summed E-state index contributed by atoms with van der Waals surface area (Å²) in [7, 11) is 0. The number of halogens is 1. The van der Waals surface area contributed by atoms with Crippen molar-refractivity contribution in [2.45, 2.75) is 26.4 Å².